The highest BCUT2D eigenvalue weighted by atomic mass is 32.2. The van der Waals surface area contributed by atoms with Crippen molar-refractivity contribution in [2.75, 3.05) is 5.73 Å². The number of aromatic nitrogens is 1. The number of nitrogen functional groups attached to an aromatic ring is 1. The number of aliphatic hydroxyl groups excluding tert-OH is 1. The van der Waals surface area contributed by atoms with Gasteiger partial charge < -0.3 is 10.8 Å². The zero-order valence-electron chi connectivity index (χ0n) is 8.60. The molecule has 0 saturated heterocycles. The Bertz CT molecular complexity index is 315. The van der Waals surface area contributed by atoms with Gasteiger partial charge in [0, 0.05) is 16.3 Å². The molecule has 1 fully saturated rings. The van der Waals surface area contributed by atoms with Gasteiger partial charge in [-0.3, -0.25) is 0 Å². The number of anilines is 1. The maximum Gasteiger partial charge on any atom is 0.123 e. The summed E-state index contributed by atoms with van der Waals surface area (Å²) in [7, 11) is 0. The topological polar surface area (TPSA) is 59.1 Å². The molecule has 3 nitrogen and oxygen atoms in total. The Morgan fingerprint density at radius 2 is 2.13 bits per heavy atom. The number of hydrogen-bond acceptors (Lipinski definition) is 4. The Hall–Kier alpha value is -0.740. The summed E-state index contributed by atoms with van der Waals surface area (Å²) in [5.41, 5.74) is 5.52. The number of rotatable bonds is 2. The van der Waals surface area contributed by atoms with Gasteiger partial charge in [0.2, 0.25) is 0 Å². The van der Waals surface area contributed by atoms with E-state index in [9.17, 15) is 5.11 Å². The molecule has 1 aliphatic rings. The second kappa shape index (κ2) is 4.86. The molecule has 3 N–H and O–H groups in total. The zero-order valence-corrected chi connectivity index (χ0v) is 9.41. The summed E-state index contributed by atoms with van der Waals surface area (Å²) in [6.45, 7) is 0. The molecule has 1 saturated carbocycles. The normalized spacial score (nSPS) is 26.5. The van der Waals surface area contributed by atoms with Crippen molar-refractivity contribution in [1.82, 2.24) is 4.98 Å². The van der Waals surface area contributed by atoms with Crippen LogP contribution in [0.2, 0.25) is 0 Å². The summed E-state index contributed by atoms with van der Waals surface area (Å²) in [5.74, 6) is 0.545. The first-order chi connectivity index (χ1) is 7.25. The van der Waals surface area contributed by atoms with Crippen LogP contribution in [-0.4, -0.2) is 21.4 Å². The average molecular weight is 224 g/mol. The number of aliphatic hydroxyl groups is 1. The van der Waals surface area contributed by atoms with Crippen molar-refractivity contribution in [2.45, 2.75) is 41.9 Å². The minimum absolute atomic E-state index is 0.165. The molecule has 2 rings (SSSR count). The van der Waals surface area contributed by atoms with Gasteiger partial charge in [0.25, 0.3) is 0 Å². The number of nitrogens with two attached hydrogens (primary N) is 1. The van der Waals surface area contributed by atoms with Gasteiger partial charge >= 0.3 is 0 Å². The molecule has 82 valence electrons. The van der Waals surface area contributed by atoms with E-state index in [1.807, 2.05) is 6.07 Å². The fourth-order valence-corrected chi connectivity index (χ4v) is 3.04. The van der Waals surface area contributed by atoms with E-state index in [-0.39, 0.29) is 6.10 Å². The minimum atomic E-state index is -0.165. The van der Waals surface area contributed by atoms with Crippen molar-refractivity contribution in [3.05, 3.63) is 18.3 Å². The summed E-state index contributed by atoms with van der Waals surface area (Å²) >= 11 is 1.71. The van der Waals surface area contributed by atoms with Gasteiger partial charge in [-0.1, -0.05) is 12.8 Å². The van der Waals surface area contributed by atoms with Crippen LogP contribution in [0.4, 0.5) is 5.82 Å². The summed E-state index contributed by atoms with van der Waals surface area (Å²) in [6, 6.07) is 3.77. The molecule has 0 bridgehead atoms. The quantitative estimate of drug-likeness (QED) is 0.807. The van der Waals surface area contributed by atoms with E-state index < -0.39 is 0 Å². The van der Waals surface area contributed by atoms with Crippen molar-refractivity contribution < 1.29 is 5.11 Å². The van der Waals surface area contributed by atoms with Crippen molar-refractivity contribution >= 4 is 17.6 Å². The molecule has 0 radical (unpaired) electrons. The smallest absolute Gasteiger partial charge is 0.123 e. The Morgan fingerprint density at radius 3 is 2.80 bits per heavy atom. The fraction of sp³-hybridized carbons (Fsp3) is 0.545. The molecular weight excluding hydrogens is 208 g/mol. The van der Waals surface area contributed by atoms with Crippen LogP contribution in [-0.2, 0) is 0 Å². The van der Waals surface area contributed by atoms with E-state index in [4.69, 9.17) is 5.73 Å². The predicted octanol–water partition coefficient (Wildman–Crippen LogP) is 2.06. The molecule has 2 unspecified atom stereocenters. The molecule has 2 atom stereocenters. The number of pyridine rings is 1. The molecular formula is C11H16N2OS. The van der Waals surface area contributed by atoms with Gasteiger partial charge in [-0.25, -0.2) is 4.98 Å². The lowest BCUT2D eigenvalue weighted by molar-refractivity contribution is 0.137. The highest BCUT2D eigenvalue weighted by molar-refractivity contribution is 8.00. The SMILES string of the molecule is Nc1ccc(SC2CCCCC2O)cn1. The summed E-state index contributed by atoms with van der Waals surface area (Å²) < 4.78 is 0. The number of nitrogens with zero attached hydrogens (tertiary/aromatic N) is 1. The van der Waals surface area contributed by atoms with Gasteiger partial charge in [0.1, 0.15) is 5.82 Å². The highest BCUT2D eigenvalue weighted by Crippen LogP contribution is 2.33. The molecule has 0 aliphatic heterocycles. The van der Waals surface area contributed by atoms with E-state index in [1.165, 1.54) is 6.42 Å². The average Bonchev–Trinajstić information content (AvgIpc) is 2.25. The van der Waals surface area contributed by atoms with E-state index in [0.29, 0.717) is 11.1 Å². The van der Waals surface area contributed by atoms with Crippen molar-refractivity contribution in [2.24, 2.45) is 0 Å². The van der Waals surface area contributed by atoms with Crippen molar-refractivity contribution in [3.8, 4) is 0 Å². The molecule has 0 spiro atoms. The molecule has 0 amide bonds. The van der Waals surface area contributed by atoms with Gasteiger partial charge in [0.15, 0.2) is 0 Å². The van der Waals surface area contributed by atoms with E-state index >= 15 is 0 Å². The third-order valence-corrected chi connectivity index (χ3v) is 4.08. The highest BCUT2D eigenvalue weighted by Gasteiger charge is 2.23. The molecule has 1 aromatic heterocycles. The molecule has 1 aliphatic carbocycles. The van der Waals surface area contributed by atoms with Gasteiger partial charge in [-0.2, -0.15) is 0 Å². The second-order valence-corrected chi connectivity index (χ2v) is 5.24. The maximum absolute atomic E-state index is 9.82. The van der Waals surface area contributed by atoms with Gasteiger partial charge in [-0.15, -0.1) is 11.8 Å². The third-order valence-electron chi connectivity index (χ3n) is 2.71. The monoisotopic (exact) mass is 224 g/mol. The van der Waals surface area contributed by atoms with Gasteiger partial charge in [-0.05, 0) is 25.0 Å². The van der Waals surface area contributed by atoms with Crippen molar-refractivity contribution in [1.29, 1.82) is 0 Å². The van der Waals surface area contributed by atoms with Crippen LogP contribution in [0.5, 0.6) is 0 Å². The largest absolute Gasteiger partial charge is 0.392 e. The Kier molecular flexibility index (Phi) is 3.49. The van der Waals surface area contributed by atoms with Crippen LogP contribution in [0.15, 0.2) is 23.2 Å². The molecule has 0 aromatic carbocycles. The van der Waals surface area contributed by atoms with Crippen LogP contribution >= 0.6 is 11.8 Å². The van der Waals surface area contributed by atoms with E-state index in [0.717, 1.165) is 24.2 Å². The predicted molar refractivity (Wildman–Crippen MR) is 62.8 cm³/mol. The summed E-state index contributed by atoms with van der Waals surface area (Å²) in [5, 5.41) is 10.1. The standard InChI is InChI=1S/C11H16N2OS/c12-11-6-5-8(7-13-11)15-10-4-2-1-3-9(10)14/h5-7,9-10,14H,1-4H2,(H2,12,13). The lowest BCUT2D eigenvalue weighted by Crippen LogP contribution is -2.26. The molecule has 15 heavy (non-hydrogen) atoms. The third kappa shape index (κ3) is 2.86. The number of hydrogen-bond donors (Lipinski definition) is 2. The Morgan fingerprint density at radius 1 is 1.33 bits per heavy atom. The molecule has 1 aromatic rings. The molecule has 1 heterocycles. The van der Waals surface area contributed by atoms with Crippen molar-refractivity contribution in [3.63, 3.8) is 0 Å². The summed E-state index contributed by atoms with van der Waals surface area (Å²) in [4.78, 5) is 5.14. The Labute approximate surface area is 94.1 Å². The van der Waals surface area contributed by atoms with E-state index in [2.05, 4.69) is 4.98 Å². The fourth-order valence-electron chi connectivity index (χ4n) is 1.85. The number of thioether (sulfide) groups is 1. The van der Waals surface area contributed by atoms with Crippen LogP contribution in [0, 0.1) is 0 Å². The Balaban J connectivity index is 1.98. The first-order valence-electron chi connectivity index (χ1n) is 5.32. The van der Waals surface area contributed by atoms with Gasteiger partial charge in [0.05, 0.1) is 6.10 Å². The maximum atomic E-state index is 9.82. The van der Waals surface area contributed by atoms with Crippen LogP contribution in [0.1, 0.15) is 25.7 Å². The van der Waals surface area contributed by atoms with Crippen LogP contribution in [0.3, 0.4) is 0 Å². The first-order valence-corrected chi connectivity index (χ1v) is 6.20. The minimum Gasteiger partial charge on any atom is -0.392 e. The van der Waals surface area contributed by atoms with Crippen LogP contribution in [0.25, 0.3) is 0 Å². The van der Waals surface area contributed by atoms with E-state index in [1.54, 1.807) is 24.0 Å². The first kappa shape index (κ1) is 10.8. The molecule has 4 heteroatoms. The lowest BCUT2D eigenvalue weighted by atomic mass is 9.97. The summed E-state index contributed by atoms with van der Waals surface area (Å²) in [6.07, 6.45) is 6.01. The zero-order chi connectivity index (χ0) is 10.7. The lowest BCUT2D eigenvalue weighted by Gasteiger charge is -2.26. The van der Waals surface area contributed by atoms with Crippen LogP contribution < -0.4 is 5.73 Å². The second-order valence-electron chi connectivity index (χ2n) is 3.93.